The zero-order chi connectivity index (χ0) is 24.2. The molecule has 6 atom stereocenters. The van der Waals surface area contributed by atoms with Crippen LogP contribution in [-0.4, -0.2) is 82.0 Å². The number of ether oxygens (including phenoxy) is 2. The molecule has 32 heavy (non-hydrogen) atoms. The summed E-state index contributed by atoms with van der Waals surface area (Å²) in [6, 6.07) is 1.90. The first kappa shape index (κ1) is 25.8. The minimum Gasteiger partial charge on any atom is -0.507 e. The van der Waals surface area contributed by atoms with Crippen molar-refractivity contribution in [2.75, 3.05) is 13.7 Å². The minimum atomic E-state index is -1.63. The molecule has 2 unspecified atom stereocenters. The quantitative estimate of drug-likeness (QED) is 0.223. The fraction of sp³-hybridized carbons (Fsp3) is 0.545. The second-order valence-corrected chi connectivity index (χ2v) is 8.14. The predicted molar refractivity (Wildman–Crippen MR) is 115 cm³/mol. The molecule has 178 valence electrons. The van der Waals surface area contributed by atoms with E-state index in [1.165, 1.54) is 25.3 Å². The highest BCUT2D eigenvalue weighted by Crippen LogP contribution is 2.35. The average Bonchev–Trinajstić information content (AvgIpc) is 2.76. The van der Waals surface area contributed by atoms with Gasteiger partial charge >= 0.3 is 5.97 Å². The molecule has 2 rings (SSSR count). The first-order chi connectivity index (χ1) is 15.0. The molecular weight excluding hydrogens is 420 g/mol. The molecule has 1 aromatic carbocycles. The highest BCUT2D eigenvalue weighted by atomic mass is 16.6. The van der Waals surface area contributed by atoms with Crippen LogP contribution in [0.1, 0.15) is 34.3 Å². The Balaban J connectivity index is 2.12. The maximum atomic E-state index is 12.4. The molecule has 1 fully saturated rings. The zero-order valence-electron chi connectivity index (χ0n) is 18.4. The van der Waals surface area contributed by atoms with Crippen molar-refractivity contribution in [2.24, 2.45) is 5.73 Å². The molecule has 0 aromatic heterocycles. The average molecular weight is 453 g/mol. The number of hydrogen-bond donors (Lipinski definition) is 6. The third kappa shape index (κ3) is 5.28. The van der Waals surface area contributed by atoms with Crippen molar-refractivity contribution in [3.05, 3.63) is 41.5 Å². The molecule has 0 spiro atoms. The van der Waals surface area contributed by atoms with Gasteiger partial charge in [-0.3, -0.25) is 4.79 Å². The topological polar surface area (TPSA) is 172 Å². The molecule has 10 nitrogen and oxygen atoms in total. The van der Waals surface area contributed by atoms with E-state index >= 15 is 0 Å². The van der Waals surface area contributed by atoms with E-state index in [1.54, 1.807) is 13.8 Å². The van der Waals surface area contributed by atoms with E-state index in [0.717, 1.165) is 0 Å². The number of nitrogens with one attached hydrogen (secondary N) is 1. The summed E-state index contributed by atoms with van der Waals surface area (Å²) < 4.78 is 10.6. The van der Waals surface area contributed by atoms with E-state index in [1.807, 2.05) is 0 Å². The summed E-state index contributed by atoms with van der Waals surface area (Å²) in [6.07, 6.45) is -4.42. The Morgan fingerprint density at radius 1 is 1.38 bits per heavy atom. The number of aliphatic hydroxyl groups excluding tert-OH is 3. The van der Waals surface area contributed by atoms with Gasteiger partial charge in [0, 0.05) is 24.9 Å². The molecule has 1 aliphatic rings. The molecule has 10 heteroatoms. The Morgan fingerprint density at radius 2 is 1.97 bits per heavy atom. The molecule has 0 aliphatic carbocycles. The first-order valence-corrected chi connectivity index (χ1v) is 10.2. The van der Waals surface area contributed by atoms with Gasteiger partial charge in [0.2, 0.25) is 0 Å². The lowest BCUT2D eigenvalue weighted by atomic mass is 9.82. The number of esters is 1. The number of phenols is 1. The van der Waals surface area contributed by atoms with Gasteiger partial charge in [0.1, 0.15) is 18.0 Å². The number of carbonyl (C=O) groups is 2. The van der Waals surface area contributed by atoms with Gasteiger partial charge in [0.05, 0.1) is 25.4 Å². The fourth-order valence-corrected chi connectivity index (χ4v) is 3.87. The number of aliphatic hydroxyl groups is 3. The van der Waals surface area contributed by atoms with Crippen molar-refractivity contribution in [1.29, 1.82) is 0 Å². The number of aryl methyl sites for hydroxylation is 2. The van der Waals surface area contributed by atoms with E-state index in [4.69, 9.17) is 15.2 Å². The summed E-state index contributed by atoms with van der Waals surface area (Å²) in [5, 5.41) is 43.9. The number of aromatic hydroxyl groups is 1. The molecule has 7 N–H and O–H groups in total. The predicted octanol–water partition coefficient (Wildman–Crippen LogP) is -0.574. The maximum absolute atomic E-state index is 12.4. The zero-order valence-corrected chi connectivity index (χ0v) is 18.4. The van der Waals surface area contributed by atoms with Crippen molar-refractivity contribution in [1.82, 2.24) is 5.32 Å². The number of phenolic OH excluding ortho intramolecular Hbond substituents is 1. The lowest BCUT2D eigenvalue weighted by Crippen LogP contribution is -2.66. The van der Waals surface area contributed by atoms with Gasteiger partial charge in [-0.15, -0.1) is 6.58 Å². The Morgan fingerprint density at radius 3 is 2.50 bits per heavy atom. The summed E-state index contributed by atoms with van der Waals surface area (Å²) in [4.78, 5) is 24.8. The van der Waals surface area contributed by atoms with Crippen molar-refractivity contribution in [3.63, 3.8) is 0 Å². The van der Waals surface area contributed by atoms with Crippen LogP contribution in [-0.2, 0) is 14.3 Å². The molecule has 0 bridgehead atoms. The van der Waals surface area contributed by atoms with Crippen LogP contribution in [0.2, 0.25) is 0 Å². The van der Waals surface area contributed by atoms with Crippen LogP contribution in [0.15, 0.2) is 24.8 Å². The van der Waals surface area contributed by atoms with E-state index in [-0.39, 0.29) is 30.7 Å². The van der Waals surface area contributed by atoms with Gasteiger partial charge in [-0.1, -0.05) is 6.08 Å². The van der Waals surface area contributed by atoms with E-state index in [0.29, 0.717) is 11.1 Å². The molecule has 0 saturated carbocycles. The van der Waals surface area contributed by atoms with Crippen molar-refractivity contribution >= 4 is 11.9 Å². The van der Waals surface area contributed by atoms with Crippen LogP contribution in [0.25, 0.3) is 0 Å². The third-order valence-corrected chi connectivity index (χ3v) is 5.71. The first-order valence-electron chi connectivity index (χ1n) is 10.2. The number of methoxy groups -OCH3 is 1. The van der Waals surface area contributed by atoms with Gasteiger partial charge in [-0.2, -0.15) is 0 Å². The van der Waals surface area contributed by atoms with Crippen LogP contribution < -0.4 is 11.1 Å². The number of carbonyl (C=O) groups excluding carboxylic acids is 2. The molecular formula is C22H32N2O8. The van der Waals surface area contributed by atoms with Crippen LogP contribution >= 0.6 is 0 Å². The maximum Gasteiger partial charge on any atom is 0.338 e. The van der Waals surface area contributed by atoms with Crippen molar-refractivity contribution in [2.45, 2.75) is 62.7 Å². The SMILES string of the molecule is C=CCC1(C(=O)OC)C[C@H](O)C(N)[C@H]([C@H](O)[C@H](O)CNC(=O)c2cc(C)c(O)c(C)c2)O1. The summed E-state index contributed by atoms with van der Waals surface area (Å²) in [7, 11) is 1.17. The fourth-order valence-electron chi connectivity index (χ4n) is 3.87. The number of hydrogen-bond acceptors (Lipinski definition) is 9. The lowest BCUT2D eigenvalue weighted by molar-refractivity contribution is -0.225. The molecule has 0 radical (unpaired) electrons. The normalized spacial score (nSPS) is 27.3. The Labute approximate surface area is 186 Å². The van der Waals surface area contributed by atoms with Gasteiger partial charge in [0.25, 0.3) is 5.91 Å². The van der Waals surface area contributed by atoms with Gasteiger partial charge in [-0.25, -0.2) is 4.79 Å². The molecule has 1 aromatic rings. The van der Waals surface area contributed by atoms with E-state index in [9.17, 15) is 30.0 Å². The Bertz CT molecular complexity index is 837. The van der Waals surface area contributed by atoms with Gasteiger partial charge < -0.3 is 41.0 Å². The van der Waals surface area contributed by atoms with Crippen LogP contribution in [0.4, 0.5) is 0 Å². The van der Waals surface area contributed by atoms with Gasteiger partial charge in [-0.05, 0) is 37.1 Å². The summed E-state index contributed by atoms with van der Waals surface area (Å²) >= 11 is 0. The molecule has 1 amide bonds. The molecule has 1 saturated heterocycles. The Kier molecular flexibility index (Phi) is 8.38. The summed E-state index contributed by atoms with van der Waals surface area (Å²) in [5.74, 6) is -1.19. The number of rotatable bonds is 8. The summed E-state index contributed by atoms with van der Waals surface area (Å²) in [5.41, 5.74) is 5.69. The molecule has 1 aliphatic heterocycles. The largest absolute Gasteiger partial charge is 0.507 e. The second-order valence-electron chi connectivity index (χ2n) is 8.14. The second kappa shape index (κ2) is 10.4. The number of nitrogens with two attached hydrogens (primary N) is 1. The highest BCUT2D eigenvalue weighted by molar-refractivity contribution is 5.94. The minimum absolute atomic E-state index is 0.000933. The van der Waals surface area contributed by atoms with E-state index in [2.05, 4.69) is 11.9 Å². The smallest absolute Gasteiger partial charge is 0.338 e. The van der Waals surface area contributed by atoms with Crippen LogP contribution in [0.5, 0.6) is 5.75 Å². The van der Waals surface area contributed by atoms with E-state index < -0.39 is 47.9 Å². The van der Waals surface area contributed by atoms with Crippen molar-refractivity contribution in [3.8, 4) is 5.75 Å². The van der Waals surface area contributed by atoms with Gasteiger partial charge in [0.15, 0.2) is 5.60 Å². The Hall–Kier alpha value is -2.50. The monoisotopic (exact) mass is 452 g/mol. The van der Waals surface area contributed by atoms with Crippen molar-refractivity contribution < 1.29 is 39.5 Å². The summed E-state index contributed by atoms with van der Waals surface area (Å²) in [6.45, 7) is 6.54. The number of benzene rings is 1. The third-order valence-electron chi connectivity index (χ3n) is 5.71. The number of amides is 1. The lowest BCUT2D eigenvalue weighted by Gasteiger charge is -2.46. The van der Waals surface area contributed by atoms with Crippen LogP contribution in [0, 0.1) is 13.8 Å². The van der Waals surface area contributed by atoms with Crippen LogP contribution in [0.3, 0.4) is 0 Å². The highest BCUT2D eigenvalue weighted by Gasteiger charge is 2.53. The molecule has 1 heterocycles. The standard InChI is InChI=1S/C22H32N2O8/c1-5-6-22(21(30)31-4)9-14(25)16(23)19(32-22)18(28)15(26)10-24-20(29)13-7-11(2)17(27)12(3)8-13/h5,7-8,14-16,18-19,25-28H,1,6,9-10,23H2,2-4H3,(H,24,29)/t14-,15+,16?,18+,19+,22?/m0/s1.